The van der Waals surface area contributed by atoms with Gasteiger partial charge in [-0.3, -0.25) is 4.79 Å². The van der Waals surface area contributed by atoms with Crippen LogP contribution in [0.25, 0.3) is 0 Å². The molecule has 1 amide bonds. The van der Waals surface area contributed by atoms with Gasteiger partial charge in [-0.05, 0) is 47.8 Å². The summed E-state index contributed by atoms with van der Waals surface area (Å²) in [5, 5.41) is 2.92. The van der Waals surface area contributed by atoms with Gasteiger partial charge < -0.3 is 9.73 Å². The number of hydrogen-bond donors (Lipinski definition) is 1. The van der Waals surface area contributed by atoms with Gasteiger partial charge in [-0.1, -0.05) is 34.1 Å². The molecule has 0 bridgehead atoms. The van der Waals surface area contributed by atoms with E-state index in [2.05, 4.69) is 37.2 Å². The molecule has 3 nitrogen and oxygen atoms in total. The Labute approximate surface area is 135 Å². The van der Waals surface area contributed by atoms with Crippen LogP contribution in [-0.2, 0) is 6.42 Å². The van der Waals surface area contributed by atoms with E-state index in [1.165, 1.54) is 5.56 Å². The third-order valence-corrected chi connectivity index (χ3v) is 4.78. The summed E-state index contributed by atoms with van der Waals surface area (Å²) in [5.74, 6) is 1.24. The highest BCUT2D eigenvalue weighted by atomic mass is 79.9. The number of carbonyl (C=O) groups excluding carboxylic acids is 1. The highest BCUT2D eigenvalue weighted by Crippen LogP contribution is 2.27. The lowest BCUT2D eigenvalue weighted by Crippen LogP contribution is -2.26. The standard InChI is InChI=1S/C15H15Br2NO2/c1-9-13(14(17)10(2)20-9)15(19)18-8-7-11-5-3-4-6-12(11)16/h3-6H,7-8H2,1-2H3,(H,18,19). The Balaban J connectivity index is 1.98. The van der Waals surface area contributed by atoms with Gasteiger partial charge >= 0.3 is 0 Å². The molecule has 2 aromatic rings. The Morgan fingerprint density at radius 2 is 1.90 bits per heavy atom. The number of aryl methyl sites for hydroxylation is 2. The molecular formula is C15H15Br2NO2. The first-order chi connectivity index (χ1) is 9.50. The molecule has 0 aliphatic heterocycles. The average molecular weight is 401 g/mol. The Hall–Kier alpha value is -1.07. The molecule has 0 saturated carbocycles. The second kappa shape index (κ2) is 6.59. The number of rotatable bonds is 4. The smallest absolute Gasteiger partial charge is 0.256 e. The summed E-state index contributed by atoms with van der Waals surface area (Å²) in [4.78, 5) is 12.2. The molecular weight excluding hydrogens is 386 g/mol. The van der Waals surface area contributed by atoms with E-state index in [4.69, 9.17) is 4.42 Å². The molecule has 0 aliphatic carbocycles. The van der Waals surface area contributed by atoms with Gasteiger partial charge in [0.25, 0.3) is 5.91 Å². The summed E-state index contributed by atoms with van der Waals surface area (Å²) >= 11 is 6.89. The summed E-state index contributed by atoms with van der Waals surface area (Å²) in [6.07, 6.45) is 0.778. The summed E-state index contributed by atoms with van der Waals surface area (Å²) in [5.41, 5.74) is 1.75. The predicted molar refractivity (Wildman–Crippen MR) is 86.1 cm³/mol. The maximum Gasteiger partial charge on any atom is 0.256 e. The first-order valence-corrected chi connectivity index (χ1v) is 7.86. The molecule has 1 N–H and O–H groups in total. The van der Waals surface area contributed by atoms with Crippen molar-refractivity contribution in [1.82, 2.24) is 5.32 Å². The molecule has 2 rings (SSSR count). The van der Waals surface area contributed by atoms with Crippen LogP contribution in [0.15, 0.2) is 37.6 Å². The third-order valence-electron chi connectivity index (χ3n) is 3.05. The molecule has 20 heavy (non-hydrogen) atoms. The van der Waals surface area contributed by atoms with E-state index in [9.17, 15) is 4.79 Å². The second-order valence-corrected chi connectivity index (χ2v) is 6.15. The van der Waals surface area contributed by atoms with Crippen LogP contribution in [0.4, 0.5) is 0 Å². The van der Waals surface area contributed by atoms with Gasteiger partial charge in [0.2, 0.25) is 0 Å². The minimum Gasteiger partial charge on any atom is -0.465 e. The first kappa shape index (κ1) is 15.3. The topological polar surface area (TPSA) is 42.2 Å². The molecule has 0 atom stereocenters. The zero-order valence-electron chi connectivity index (χ0n) is 11.3. The number of carbonyl (C=O) groups is 1. The van der Waals surface area contributed by atoms with Crippen LogP contribution in [0.2, 0.25) is 0 Å². The van der Waals surface area contributed by atoms with Crippen molar-refractivity contribution < 1.29 is 9.21 Å². The van der Waals surface area contributed by atoms with Crippen LogP contribution >= 0.6 is 31.9 Å². The number of benzene rings is 1. The van der Waals surface area contributed by atoms with E-state index in [0.717, 1.165) is 21.1 Å². The molecule has 0 unspecified atom stereocenters. The van der Waals surface area contributed by atoms with Gasteiger partial charge in [-0.15, -0.1) is 0 Å². The van der Waals surface area contributed by atoms with E-state index < -0.39 is 0 Å². The molecule has 0 aliphatic rings. The van der Waals surface area contributed by atoms with Gasteiger partial charge in [-0.2, -0.15) is 0 Å². The van der Waals surface area contributed by atoms with E-state index >= 15 is 0 Å². The fraction of sp³-hybridized carbons (Fsp3) is 0.267. The van der Waals surface area contributed by atoms with Gasteiger partial charge in [0.1, 0.15) is 11.5 Å². The van der Waals surface area contributed by atoms with Crippen molar-refractivity contribution in [3.05, 3.63) is 55.9 Å². The van der Waals surface area contributed by atoms with E-state index in [0.29, 0.717) is 17.9 Å². The zero-order valence-corrected chi connectivity index (χ0v) is 14.5. The maximum absolute atomic E-state index is 12.2. The Bertz CT molecular complexity index is 635. The number of hydrogen-bond acceptors (Lipinski definition) is 2. The van der Waals surface area contributed by atoms with Crippen molar-refractivity contribution in [2.24, 2.45) is 0 Å². The highest BCUT2D eigenvalue weighted by molar-refractivity contribution is 9.10. The average Bonchev–Trinajstić information content (AvgIpc) is 2.65. The Kier molecular flexibility index (Phi) is 5.05. The molecule has 1 aromatic heterocycles. The van der Waals surface area contributed by atoms with Crippen molar-refractivity contribution in [3.8, 4) is 0 Å². The van der Waals surface area contributed by atoms with E-state index in [-0.39, 0.29) is 5.91 Å². The van der Waals surface area contributed by atoms with Crippen LogP contribution < -0.4 is 5.32 Å². The fourth-order valence-electron chi connectivity index (χ4n) is 2.02. The summed E-state index contributed by atoms with van der Waals surface area (Å²) in [6, 6.07) is 8.00. The van der Waals surface area contributed by atoms with Gasteiger partial charge in [0.05, 0.1) is 10.0 Å². The normalized spacial score (nSPS) is 10.6. The third kappa shape index (κ3) is 3.33. The van der Waals surface area contributed by atoms with Crippen LogP contribution in [0.5, 0.6) is 0 Å². The minimum atomic E-state index is -0.113. The number of halogens is 2. The highest BCUT2D eigenvalue weighted by Gasteiger charge is 2.19. The molecule has 0 spiro atoms. The number of nitrogens with one attached hydrogen (secondary N) is 1. The zero-order chi connectivity index (χ0) is 14.7. The quantitative estimate of drug-likeness (QED) is 0.826. The van der Waals surface area contributed by atoms with E-state index in [1.54, 1.807) is 6.92 Å². The maximum atomic E-state index is 12.2. The summed E-state index contributed by atoms with van der Waals surface area (Å²) < 4.78 is 7.23. The molecule has 1 heterocycles. The monoisotopic (exact) mass is 399 g/mol. The lowest BCUT2D eigenvalue weighted by molar-refractivity contribution is 0.0952. The molecule has 0 radical (unpaired) electrons. The van der Waals surface area contributed by atoms with Crippen molar-refractivity contribution in [1.29, 1.82) is 0 Å². The molecule has 0 fully saturated rings. The number of furan rings is 1. The van der Waals surface area contributed by atoms with Crippen LogP contribution in [0, 0.1) is 13.8 Å². The molecule has 0 saturated heterocycles. The Morgan fingerprint density at radius 1 is 1.20 bits per heavy atom. The van der Waals surface area contributed by atoms with Gasteiger partial charge in [0.15, 0.2) is 0 Å². The van der Waals surface area contributed by atoms with Gasteiger partial charge in [0, 0.05) is 11.0 Å². The SMILES string of the molecule is Cc1oc(C)c(C(=O)NCCc2ccccc2Br)c1Br. The summed E-state index contributed by atoms with van der Waals surface area (Å²) in [7, 11) is 0. The second-order valence-electron chi connectivity index (χ2n) is 4.50. The van der Waals surface area contributed by atoms with Crippen LogP contribution in [0.3, 0.4) is 0 Å². The van der Waals surface area contributed by atoms with E-state index in [1.807, 2.05) is 31.2 Å². The first-order valence-electron chi connectivity index (χ1n) is 6.27. The van der Waals surface area contributed by atoms with Gasteiger partial charge in [-0.25, -0.2) is 0 Å². The van der Waals surface area contributed by atoms with Crippen molar-refractivity contribution in [2.75, 3.05) is 6.54 Å². The van der Waals surface area contributed by atoms with Crippen molar-refractivity contribution in [2.45, 2.75) is 20.3 Å². The Morgan fingerprint density at radius 3 is 2.50 bits per heavy atom. The largest absolute Gasteiger partial charge is 0.465 e. The van der Waals surface area contributed by atoms with Crippen LogP contribution in [0.1, 0.15) is 27.4 Å². The lowest BCUT2D eigenvalue weighted by Gasteiger charge is -2.06. The predicted octanol–water partition coefficient (Wildman–Crippen LogP) is 4.39. The summed E-state index contributed by atoms with van der Waals surface area (Å²) in [6.45, 7) is 4.20. The number of amides is 1. The molecule has 106 valence electrons. The lowest BCUT2D eigenvalue weighted by atomic mass is 10.1. The van der Waals surface area contributed by atoms with Crippen molar-refractivity contribution in [3.63, 3.8) is 0 Å². The van der Waals surface area contributed by atoms with Crippen molar-refractivity contribution >= 4 is 37.8 Å². The fourth-order valence-corrected chi connectivity index (χ4v) is 3.04. The van der Waals surface area contributed by atoms with Crippen LogP contribution in [-0.4, -0.2) is 12.5 Å². The molecule has 5 heteroatoms. The minimum absolute atomic E-state index is 0.113. The molecule has 1 aromatic carbocycles.